The highest BCUT2D eigenvalue weighted by Crippen LogP contribution is 2.25. The van der Waals surface area contributed by atoms with Crippen LogP contribution in [0.4, 0.5) is 0 Å². The fraction of sp³-hybridized carbons (Fsp3) is 0.682. The molecule has 2 fully saturated rings. The van der Waals surface area contributed by atoms with Crippen LogP contribution in [0.3, 0.4) is 0 Å². The predicted octanol–water partition coefficient (Wildman–Crippen LogP) is 2.40. The second-order valence-electron chi connectivity index (χ2n) is 7.47. The average Bonchev–Trinajstić information content (AvgIpc) is 3.20. The number of hydrogen-bond donors (Lipinski definition) is 4. The summed E-state index contributed by atoms with van der Waals surface area (Å²) in [6, 6.07) is 7.89. The molecule has 0 saturated carbocycles. The molecule has 1 amide bonds. The number of nitrogens with one attached hydrogen (secondary N) is 1. The van der Waals surface area contributed by atoms with Crippen molar-refractivity contribution in [1.29, 1.82) is 0 Å². The van der Waals surface area contributed by atoms with E-state index >= 15 is 0 Å². The van der Waals surface area contributed by atoms with Crippen molar-refractivity contribution in [1.82, 2.24) is 10.2 Å². The lowest BCUT2D eigenvalue weighted by Crippen LogP contribution is -2.59. The fourth-order valence-corrected chi connectivity index (χ4v) is 3.81. The summed E-state index contributed by atoms with van der Waals surface area (Å²) in [6.07, 6.45) is 5.32. The SMILES string of the molecule is CC.CS.Cc1ccc(CC2CCN(C(=O)C(N)C3(O)CCNC3)CC2)cc1. The quantitative estimate of drug-likeness (QED) is 0.576. The number of carbonyl (C=O) groups is 1. The van der Waals surface area contributed by atoms with Crippen LogP contribution in [-0.4, -0.2) is 60.0 Å². The highest BCUT2D eigenvalue weighted by Gasteiger charge is 2.43. The number of piperidine rings is 1. The van der Waals surface area contributed by atoms with Gasteiger partial charge >= 0.3 is 0 Å². The molecule has 0 spiro atoms. The van der Waals surface area contributed by atoms with Gasteiger partial charge in [0.15, 0.2) is 0 Å². The Labute approximate surface area is 176 Å². The van der Waals surface area contributed by atoms with Crippen LogP contribution in [-0.2, 0) is 11.2 Å². The number of β-amino-alcohol motifs (C(OH)–C–C–N with tert-alkyl or cyclic N) is 1. The summed E-state index contributed by atoms with van der Waals surface area (Å²) in [7, 11) is 0. The number of thiol groups is 1. The molecule has 0 aromatic heterocycles. The Morgan fingerprint density at radius 3 is 2.36 bits per heavy atom. The number of aliphatic hydroxyl groups is 1. The van der Waals surface area contributed by atoms with Crippen molar-refractivity contribution in [2.75, 3.05) is 32.4 Å². The van der Waals surface area contributed by atoms with Gasteiger partial charge in [0.25, 0.3) is 0 Å². The summed E-state index contributed by atoms with van der Waals surface area (Å²) in [5.74, 6) is 0.513. The topological polar surface area (TPSA) is 78.6 Å². The zero-order chi connectivity index (χ0) is 21.2. The molecule has 0 bridgehead atoms. The third kappa shape index (κ3) is 6.76. The third-order valence-corrected chi connectivity index (χ3v) is 5.58. The maximum absolute atomic E-state index is 12.6. The monoisotopic (exact) mass is 409 g/mol. The minimum atomic E-state index is -1.09. The molecule has 28 heavy (non-hydrogen) atoms. The van der Waals surface area contributed by atoms with Gasteiger partial charge in [-0.1, -0.05) is 43.7 Å². The van der Waals surface area contributed by atoms with Crippen LogP contribution in [0, 0.1) is 12.8 Å². The molecule has 2 aliphatic rings. The second-order valence-corrected chi connectivity index (χ2v) is 7.47. The predicted molar refractivity (Wildman–Crippen MR) is 121 cm³/mol. The zero-order valence-corrected chi connectivity index (χ0v) is 18.8. The number of nitrogens with two attached hydrogens (primary N) is 1. The number of rotatable bonds is 4. The molecule has 3 rings (SSSR count). The van der Waals surface area contributed by atoms with E-state index in [1.54, 1.807) is 6.26 Å². The van der Waals surface area contributed by atoms with Crippen molar-refractivity contribution < 1.29 is 9.90 Å². The zero-order valence-electron chi connectivity index (χ0n) is 17.9. The van der Waals surface area contributed by atoms with Crippen LogP contribution in [0.5, 0.6) is 0 Å². The highest BCUT2D eigenvalue weighted by molar-refractivity contribution is 7.79. The van der Waals surface area contributed by atoms with Crippen molar-refractivity contribution in [3.8, 4) is 0 Å². The van der Waals surface area contributed by atoms with Crippen molar-refractivity contribution in [2.24, 2.45) is 11.7 Å². The lowest BCUT2D eigenvalue weighted by Gasteiger charge is -2.37. The van der Waals surface area contributed by atoms with Gasteiger partial charge in [0.05, 0.1) is 0 Å². The molecular formula is C22H39N3O2S. The maximum atomic E-state index is 12.6. The Kier molecular flexibility index (Phi) is 11.1. The largest absolute Gasteiger partial charge is 0.386 e. The summed E-state index contributed by atoms with van der Waals surface area (Å²) < 4.78 is 0. The van der Waals surface area contributed by atoms with E-state index in [1.807, 2.05) is 18.7 Å². The molecule has 2 saturated heterocycles. The fourth-order valence-electron chi connectivity index (χ4n) is 3.81. The summed E-state index contributed by atoms with van der Waals surface area (Å²) >= 11 is 3.53. The highest BCUT2D eigenvalue weighted by atomic mass is 32.1. The minimum Gasteiger partial charge on any atom is -0.386 e. The van der Waals surface area contributed by atoms with Gasteiger partial charge in [-0.2, -0.15) is 12.6 Å². The first-order valence-electron chi connectivity index (χ1n) is 10.5. The Balaban J connectivity index is 0.000000921. The van der Waals surface area contributed by atoms with E-state index in [-0.39, 0.29) is 5.91 Å². The number of aryl methyl sites for hydroxylation is 1. The van der Waals surface area contributed by atoms with Crippen molar-refractivity contribution >= 4 is 18.5 Å². The van der Waals surface area contributed by atoms with Gasteiger partial charge in [-0.05, 0) is 56.9 Å². The number of amides is 1. The number of likely N-dealkylation sites (tertiary alicyclic amines) is 1. The summed E-state index contributed by atoms with van der Waals surface area (Å²) in [6.45, 7) is 8.71. The van der Waals surface area contributed by atoms with Gasteiger partial charge in [0.1, 0.15) is 11.6 Å². The number of carbonyl (C=O) groups excluding carboxylic acids is 1. The van der Waals surface area contributed by atoms with Gasteiger partial charge in [-0.15, -0.1) is 0 Å². The molecule has 1 aromatic rings. The minimum absolute atomic E-state index is 0.102. The molecular weight excluding hydrogens is 370 g/mol. The van der Waals surface area contributed by atoms with Gasteiger partial charge in [-0.25, -0.2) is 0 Å². The van der Waals surface area contributed by atoms with E-state index in [4.69, 9.17) is 5.73 Å². The molecule has 2 atom stereocenters. The van der Waals surface area contributed by atoms with E-state index in [0.29, 0.717) is 18.9 Å². The van der Waals surface area contributed by atoms with Crippen LogP contribution in [0.15, 0.2) is 24.3 Å². The molecule has 2 unspecified atom stereocenters. The maximum Gasteiger partial charge on any atom is 0.242 e. The molecule has 6 heteroatoms. The molecule has 0 radical (unpaired) electrons. The normalized spacial score (nSPS) is 23.2. The Morgan fingerprint density at radius 2 is 1.86 bits per heavy atom. The van der Waals surface area contributed by atoms with Crippen LogP contribution >= 0.6 is 12.6 Å². The number of hydrogen-bond acceptors (Lipinski definition) is 5. The summed E-state index contributed by atoms with van der Waals surface area (Å²) in [4.78, 5) is 14.4. The van der Waals surface area contributed by atoms with Gasteiger partial charge in [0.2, 0.25) is 5.91 Å². The van der Waals surface area contributed by atoms with Gasteiger partial charge in [0, 0.05) is 19.6 Å². The summed E-state index contributed by atoms with van der Waals surface area (Å²) in [5.41, 5.74) is 7.64. The van der Waals surface area contributed by atoms with Crippen molar-refractivity contribution in [3.63, 3.8) is 0 Å². The third-order valence-electron chi connectivity index (χ3n) is 5.58. The Morgan fingerprint density at radius 1 is 1.29 bits per heavy atom. The molecule has 5 nitrogen and oxygen atoms in total. The molecule has 0 aliphatic carbocycles. The number of benzene rings is 1. The van der Waals surface area contributed by atoms with Crippen molar-refractivity contribution in [2.45, 2.75) is 58.1 Å². The standard InChI is InChI=1S/C19H29N3O2.C2H6.CH4S/c1-14-2-4-15(5-3-14)12-16-6-10-22(11-7-16)18(23)17(20)19(24)8-9-21-13-19;2*1-2/h2-5,16-17,21,24H,6-13,20H2,1H3;1-2H3;2H,1H3. The van der Waals surface area contributed by atoms with Gasteiger partial charge < -0.3 is 21.1 Å². The number of nitrogens with zero attached hydrogens (tertiary/aromatic N) is 1. The molecule has 1 aromatic carbocycles. The lowest BCUT2D eigenvalue weighted by atomic mass is 9.88. The molecule has 4 N–H and O–H groups in total. The Bertz CT molecular complexity index is 566. The van der Waals surface area contributed by atoms with Crippen LogP contribution in [0.2, 0.25) is 0 Å². The summed E-state index contributed by atoms with van der Waals surface area (Å²) in [5, 5.41) is 13.6. The Hall–Kier alpha value is -1.08. The van der Waals surface area contributed by atoms with Crippen LogP contribution in [0.25, 0.3) is 0 Å². The van der Waals surface area contributed by atoms with E-state index in [9.17, 15) is 9.90 Å². The smallest absolute Gasteiger partial charge is 0.242 e. The first-order chi connectivity index (χ1) is 13.5. The molecule has 160 valence electrons. The second kappa shape index (κ2) is 12.5. The van der Waals surface area contributed by atoms with Crippen LogP contribution < -0.4 is 11.1 Å². The van der Waals surface area contributed by atoms with E-state index in [0.717, 1.165) is 38.9 Å². The average molecular weight is 410 g/mol. The van der Waals surface area contributed by atoms with Gasteiger partial charge in [-0.3, -0.25) is 4.79 Å². The van der Waals surface area contributed by atoms with E-state index < -0.39 is 11.6 Å². The molecule has 2 heterocycles. The lowest BCUT2D eigenvalue weighted by molar-refractivity contribution is -0.139. The van der Waals surface area contributed by atoms with E-state index in [2.05, 4.69) is 49.1 Å². The first-order valence-corrected chi connectivity index (χ1v) is 11.3. The first kappa shape index (κ1) is 25.0. The van der Waals surface area contributed by atoms with Crippen molar-refractivity contribution in [3.05, 3.63) is 35.4 Å². The van der Waals surface area contributed by atoms with Crippen LogP contribution in [0.1, 0.15) is 44.2 Å². The molecule has 2 aliphatic heterocycles. The van der Waals surface area contributed by atoms with E-state index in [1.165, 1.54) is 11.1 Å².